The van der Waals surface area contributed by atoms with Gasteiger partial charge in [0.05, 0.1) is 30.2 Å². The number of amides is 15. The van der Waals surface area contributed by atoms with E-state index in [-0.39, 0.29) is 112 Å². The number of urea groups is 3. The number of rotatable bonds is 38. The molecule has 2 aromatic heterocycles. The predicted molar refractivity (Wildman–Crippen MR) is 506 cm³/mol. The molecule has 3 unspecified atom stereocenters. The molecule has 9 aliphatic rings. The summed E-state index contributed by atoms with van der Waals surface area (Å²) in [7, 11) is 0. The Morgan fingerprint density at radius 3 is 1.04 bits per heavy atom. The summed E-state index contributed by atoms with van der Waals surface area (Å²) in [6.07, 6.45) is 11.9. The van der Waals surface area contributed by atoms with Gasteiger partial charge in [0.2, 0.25) is 52.8 Å². The highest BCUT2D eigenvalue weighted by Gasteiger charge is 2.73. The highest BCUT2D eigenvalue weighted by molar-refractivity contribution is 6.39. The Balaban J connectivity index is 0.000000211. The number of primary amides is 3. The monoisotopic (exact) mass is 1890 g/mol. The maximum Gasteiger partial charge on any atom is 0.316 e. The molecule has 15 amide bonds. The maximum absolute atomic E-state index is 14.3. The number of ketones is 6. The summed E-state index contributed by atoms with van der Waals surface area (Å²) in [6, 6.07) is 5.03. The third kappa shape index (κ3) is 25.9. The van der Waals surface area contributed by atoms with Crippen molar-refractivity contribution in [2.75, 3.05) is 19.6 Å². The number of aromatic nitrogens is 2. The second kappa shape index (κ2) is 41.9. The molecule has 0 radical (unpaired) electrons. The highest BCUT2D eigenvalue weighted by Crippen LogP contribution is 2.67. The summed E-state index contributed by atoms with van der Waals surface area (Å²) in [5.41, 5.74) is 14.2. The first-order chi connectivity index (χ1) is 63.1. The van der Waals surface area contributed by atoms with E-state index >= 15 is 0 Å². The van der Waals surface area contributed by atoms with Crippen LogP contribution in [0.2, 0.25) is 0 Å². The van der Waals surface area contributed by atoms with Crippen molar-refractivity contribution in [1.29, 1.82) is 0 Å². The summed E-state index contributed by atoms with van der Waals surface area (Å²) < 4.78 is 0. The molecule has 6 aliphatic carbocycles. The summed E-state index contributed by atoms with van der Waals surface area (Å²) in [4.78, 5) is 249. The Morgan fingerprint density at radius 2 is 0.735 bits per heavy atom. The van der Waals surface area contributed by atoms with Crippen LogP contribution in [0.25, 0.3) is 0 Å². The number of hydrogen-bond acceptors (Lipinski definition) is 20. The number of carbonyl (C=O) groups excluding carboxylic acids is 18. The Labute approximate surface area is 798 Å². The Kier molecular flexibility index (Phi) is 32.8. The van der Waals surface area contributed by atoms with Gasteiger partial charge in [-0.25, -0.2) is 14.4 Å². The van der Waals surface area contributed by atoms with E-state index in [9.17, 15) is 86.3 Å². The lowest BCUT2D eigenvalue weighted by Crippen LogP contribution is -2.62. The van der Waals surface area contributed by atoms with Gasteiger partial charge in [0.25, 0.3) is 17.7 Å². The third-order valence-electron chi connectivity index (χ3n) is 29.5. The number of nitrogens with two attached hydrogens (primary N) is 3. The van der Waals surface area contributed by atoms with E-state index < -0.39 is 183 Å². The predicted octanol–water partition coefficient (Wildman–Crippen LogP) is 7.18. The molecule has 9 fully saturated rings. The van der Waals surface area contributed by atoms with Crippen molar-refractivity contribution in [3.8, 4) is 0 Å². The van der Waals surface area contributed by atoms with Crippen LogP contribution in [0.3, 0.4) is 0 Å². The van der Waals surface area contributed by atoms with Gasteiger partial charge in [-0.3, -0.25) is 81.9 Å². The van der Waals surface area contributed by atoms with Crippen LogP contribution in [0.15, 0.2) is 79.3 Å². The zero-order chi connectivity index (χ0) is 101. The molecule has 35 nitrogen and oxygen atoms in total. The lowest BCUT2D eigenvalue weighted by Gasteiger charge is -2.38. The minimum atomic E-state index is -1.11. The second-order valence-corrected chi connectivity index (χ2v) is 46.1. The normalized spacial score (nSPS) is 23.7. The number of likely N-dealkylation sites (tertiary alicyclic amines) is 3. The minimum absolute atomic E-state index is 0.0368. The van der Waals surface area contributed by atoms with Crippen molar-refractivity contribution >= 4 is 106 Å². The smallest absolute Gasteiger partial charge is 0.316 e. The molecular weight excluding hydrogens is 1740 g/mol. The summed E-state index contributed by atoms with van der Waals surface area (Å²) in [5, 5.41) is 25.2. The first-order valence-corrected chi connectivity index (χ1v) is 48.1. The van der Waals surface area contributed by atoms with Crippen LogP contribution in [0, 0.1) is 103 Å². The number of benzene rings is 1. The summed E-state index contributed by atoms with van der Waals surface area (Å²) in [5.74, 6) is -9.01. The van der Waals surface area contributed by atoms with E-state index in [1.54, 1.807) is 30.3 Å². The topological polar surface area (TPSA) is 529 Å². The zero-order valence-corrected chi connectivity index (χ0v) is 83.2. The first kappa shape index (κ1) is 107. The van der Waals surface area contributed by atoms with Crippen molar-refractivity contribution in [2.24, 2.45) is 120 Å². The van der Waals surface area contributed by atoms with E-state index in [1.807, 2.05) is 169 Å². The molecule has 18 atom stereocenters. The molecule has 1 aromatic carbocycles. The molecule has 6 saturated carbocycles. The van der Waals surface area contributed by atoms with Crippen molar-refractivity contribution < 1.29 is 86.3 Å². The maximum atomic E-state index is 14.3. The van der Waals surface area contributed by atoms with Crippen molar-refractivity contribution in [1.82, 2.24) is 72.5 Å². The molecule has 3 aliphatic heterocycles. The van der Waals surface area contributed by atoms with Crippen molar-refractivity contribution in [3.63, 3.8) is 0 Å². The van der Waals surface area contributed by atoms with Gasteiger partial charge in [-0.2, -0.15) is 0 Å². The largest absolute Gasteiger partial charge is 0.363 e. The van der Waals surface area contributed by atoms with Gasteiger partial charge >= 0.3 is 18.1 Å². The number of nitrogens with one attached hydrogen (secondary N) is 9. The number of aryl methyl sites for hydroxylation is 1. The van der Waals surface area contributed by atoms with Crippen molar-refractivity contribution in [2.45, 2.75) is 302 Å². The fourth-order valence-corrected chi connectivity index (χ4v) is 20.2. The van der Waals surface area contributed by atoms with E-state index in [4.69, 9.17) is 17.2 Å². The number of carbonyl (C=O) groups is 18. The van der Waals surface area contributed by atoms with Gasteiger partial charge in [-0.15, -0.1) is 0 Å². The lowest BCUT2D eigenvalue weighted by molar-refractivity contribution is -0.145. The fourth-order valence-electron chi connectivity index (χ4n) is 20.2. The summed E-state index contributed by atoms with van der Waals surface area (Å²) >= 11 is 0. The standard InChI is InChI=1S/C36H53N5O6.C33H48N6O6.C32H46N6O6/c1-34(2,3)28(24(42)17-16-20-12-10-9-11-13-20)39-33(47)40-29(35(4,5)6)32(46)41-19-22-25(36(22,7)8)26(41)31(45)38-23(18-21-14-15-21)27(43)30(37)44;1-17(2)21(15-23(40)20-10-8-9-13-35-20)37-31(45)38-27(32(3,4)5)30(44)39-16-19-24(33(19,6)7)25(39)29(43)36-22(14-18-11-12-18)26(41)28(34)42;1-16(2)22(24(39)18-10-12-34-13-11-18)36-30(44)37-26(31(3,4)5)29(43)38-15-19-21(32(19,6)7)23(38)28(42)35-20(14-17-8-9-17)25(40)27(33)41/h9-13,21-23,25-26,28-29H,14-19H2,1-8H3,(H2,37,44)(H,38,45)(H2,39,40,47);8-10,13,17-19,21-22,24-25,27H,11-12,14-16H2,1-7H3,(H2,34,42)(H,36,43)(H2,37,38,45);10-13,16-17,19-23,26H,8-9,14-15H2,1-7H3,(H2,33,41)(H,35,42)(H2,36,37,44)/t22-,23?,25-,26-,28+,29+;19-,21+,22?,24-,25-,27+;19-,20?,21-,22-,23-,26+/m000/s1. The number of hydrogen-bond donors (Lipinski definition) is 12. The highest BCUT2D eigenvalue weighted by atomic mass is 16.2. The van der Waals surface area contributed by atoms with Crippen LogP contribution in [0.4, 0.5) is 14.4 Å². The molecule has 3 saturated heterocycles. The van der Waals surface area contributed by atoms with Crippen LogP contribution in [-0.4, -0.2) is 223 Å². The Bertz CT molecular complexity index is 5020. The van der Waals surface area contributed by atoms with Crippen LogP contribution in [0.5, 0.6) is 0 Å². The minimum Gasteiger partial charge on any atom is -0.363 e. The molecule has 0 spiro atoms. The van der Waals surface area contributed by atoms with Gasteiger partial charge in [-0.1, -0.05) is 227 Å². The molecule has 15 N–H and O–H groups in total. The Hall–Kier alpha value is -11.4. The second-order valence-electron chi connectivity index (χ2n) is 46.1. The van der Waals surface area contributed by atoms with Crippen LogP contribution in [-0.2, 0) is 68.7 Å². The molecular formula is C101H147N17O18. The number of fused-ring (bicyclic) bond motifs is 3. The number of pyridine rings is 2. The van der Waals surface area contributed by atoms with Crippen LogP contribution < -0.4 is 65.1 Å². The average molecular weight is 1890 g/mol. The summed E-state index contributed by atoms with van der Waals surface area (Å²) in [6.45, 7) is 42.7. The van der Waals surface area contributed by atoms with Gasteiger partial charge < -0.3 is 79.8 Å². The number of piperidine rings is 3. The number of nitrogens with zero attached hydrogens (tertiary/aromatic N) is 5. The molecule has 136 heavy (non-hydrogen) atoms. The molecule has 35 heteroatoms. The SMILES string of the molecule is CC(C)(C)[C@H](NC(=O)N[C@H](C(=O)N1C[C@H]2[C@@H]([C@H]1C(=O)NC(CC1CC1)C(=O)C(N)=O)C2(C)C)C(C)(C)C)C(=O)CCc1ccccc1.CC(C)[C@@H](CC(=O)c1ccccn1)NC(=O)N[C@H](C(=O)N1C[C@H]2[C@@H]([C@H]1C(=O)NC(CC1CC1)C(=O)C(N)=O)C2(C)C)C(C)(C)C.CC(C)[C@H](NC(=O)N[C@H](C(=O)N1C[C@H]2[C@@H]([C@H]1C(=O)NC(CC1CC1)C(=O)C(N)=O)C2(C)C)C(C)(C)C)C(=O)c1ccncc1. The quantitative estimate of drug-likeness (QED) is 0.0199. The van der Waals surface area contributed by atoms with Crippen LogP contribution >= 0.6 is 0 Å². The first-order valence-electron chi connectivity index (χ1n) is 48.1. The van der Waals surface area contributed by atoms with E-state index in [1.165, 1.54) is 33.3 Å². The molecule has 3 aromatic rings. The zero-order valence-electron chi connectivity index (χ0n) is 83.2. The lowest BCUT2D eigenvalue weighted by atomic mass is 9.82. The number of Topliss-reactive ketones (excluding diaryl/α,β-unsaturated/α-hetero) is 6. The van der Waals surface area contributed by atoms with Gasteiger partial charge in [0.15, 0.2) is 17.3 Å². The Morgan fingerprint density at radius 1 is 0.404 bits per heavy atom. The average Bonchev–Trinajstić information content (AvgIpc) is 1.53. The van der Waals surface area contributed by atoms with Gasteiger partial charge in [0, 0.05) is 62.7 Å². The van der Waals surface area contributed by atoms with E-state index in [2.05, 4.69) is 71.7 Å². The third-order valence-corrected chi connectivity index (χ3v) is 29.5. The van der Waals surface area contributed by atoms with Gasteiger partial charge in [-0.05, 0) is 159 Å². The fraction of sp³-hybridized carbons (Fsp3) is 0.663. The van der Waals surface area contributed by atoms with Crippen LogP contribution in [0.1, 0.15) is 249 Å². The van der Waals surface area contributed by atoms with E-state index in [0.29, 0.717) is 56.6 Å². The molecule has 12 rings (SSSR count). The molecule has 0 bridgehead atoms. The molecule has 5 heterocycles. The van der Waals surface area contributed by atoms with Crippen molar-refractivity contribution in [3.05, 3.63) is 96.1 Å². The molecule has 744 valence electrons. The van der Waals surface area contributed by atoms with E-state index in [0.717, 1.165) is 44.1 Å². The van der Waals surface area contributed by atoms with Gasteiger partial charge in [0.1, 0.15) is 41.9 Å².